The van der Waals surface area contributed by atoms with Crippen molar-refractivity contribution < 1.29 is 226 Å². The third-order valence-corrected chi connectivity index (χ3v) is 0. The van der Waals surface area contributed by atoms with Crippen molar-refractivity contribution >= 4 is 15.6 Å². The van der Waals surface area contributed by atoms with E-state index in [4.69, 9.17) is 38.5 Å². The average molecular weight is 1390 g/mol. The molecule has 0 saturated heterocycles. The molecular formula is H40O23P2W5+4. The predicted octanol–water partition coefficient (Wildman–Crippen LogP) is -15.3. The van der Waals surface area contributed by atoms with E-state index in [1.54, 1.807) is 0 Å². The third-order valence-electron chi connectivity index (χ3n) is 0. The van der Waals surface area contributed by atoms with Gasteiger partial charge in [-0.05, 0) is 0 Å². The molecule has 0 heterocycles. The molecule has 0 aliphatic heterocycles. The maximum Gasteiger partial charge on any atom is 0.784 e. The summed E-state index contributed by atoms with van der Waals surface area (Å²) in [5.74, 6) is 0. The van der Waals surface area contributed by atoms with E-state index in [0.717, 1.165) is 0 Å². The van der Waals surface area contributed by atoms with Crippen molar-refractivity contribution in [3.63, 3.8) is 0 Å². The van der Waals surface area contributed by atoms with Gasteiger partial charge in [0.1, 0.15) is 0 Å². The first kappa shape index (κ1) is 278. The predicted molar refractivity (Wildman–Crippen MR) is 88.3 cm³/mol. The average Bonchev–Trinajstić information content (AvgIpc) is 1.12. The van der Waals surface area contributed by atoms with Crippen LogP contribution in [-0.4, -0.2) is 112 Å². The Labute approximate surface area is 239 Å². The van der Waals surface area contributed by atoms with Crippen LogP contribution < -0.4 is 0 Å². The summed E-state index contributed by atoms with van der Waals surface area (Å²) in [5, 5.41) is 0. The van der Waals surface area contributed by atoms with Crippen molar-refractivity contribution in [1.29, 1.82) is 0 Å². The normalized spacial score (nSPS) is 3.93. The summed E-state index contributed by atoms with van der Waals surface area (Å²) in [7, 11) is -8.28. The molecule has 0 aliphatic rings. The van der Waals surface area contributed by atoms with Crippen LogP contribution in [0.3, 0.4) is 0 Å². The first-order valence-electron chi connectivity index (χ1n) is 1.66. The Morgan fingerprint density at radius 2 is 0.333 bits per heavy atom. The van der Waals surface area contributed by atoms with E-state index in [9.17, 15) is 0 Å². The zero-order valence-corrected chi connectivity index (χ0v) is 30.6. The van der Waals surface area contributed by atoms with Gasteiger partial charge in [-0.3, -0.25) is 0 Å². The maximum absolute atomic E-state index is 9.10. The summed E-state index contributed by atoms with van der Waals surface area (Å²) in [6, 6.07) is 0. The molecule has 0 saturated carbocycles. The van der Waals surface area contributed by atoms with Gasteiger partial charge >= 0.3 is 15.6 Å². The minimum Gasteiger partial charge on any atom is -0.412 e. The van der Waals surface area contributed by atoms with Crippen LogP contribution >= 0.6 is 15.6 Å². The summed E-state index contributed by atoms with van der Waals surface area (Å²) >= 11 is 0. The maximum atomic E-state index is 9.10. The third kappa shape index (κ3) is 2990. The van der Waals surface area contributed by atoms with Crippen LogP contribution in [0, 0.1) is 0 Å². The molecule has 30 heavy (non-hydrogen) atoms. The second-order valence-corrected chi connectivity index (χ2v) is 3.46. The molecule has 40 N–H and O–H groups in total. The van der Waals surface area contributed by atoms with E-state index in [1.807, 2.05) is 0 Å². The summed E-state index contributed by atoms with van der Waals surface area (Å²) in [6.07, 6.45) is 0. The molecule has 0 aliphatic carbocycles. The Morgan fingerprint density at radius 1 is 0.333 bits per heavy atom. The largest absolute Gasteiger partial charge is 0.784 e. The summed E-state index contributed by atoms with van der Waals surface area (Å²) < 4.78 is 18.2. The zero-order chi connectivity index (χ0) is 9.00. The Morgan fingerprint density at radius 3 is 0.333 bits per heavy atom. The minimum absolute atomic E-state index is 0. The molecule has 0 aromatic carbocycles. The van der Waals surface area contributed by atoms with E-state index < -0.39 is 15.6 Å². The molecule has 0 aromatic rings. The summed E-state index contributed by atoms with van der Waals surface area (Å²) in [6.45, 7) is 0. The van der Waals surface area contributed by atoms with Crippen LogP contribution in [0.4, 0.5) is 0 Å². The molecule has 0 spiro atoms. The monoisotopic (exact) mass is 1390 g/mol. The van der Waals surface area contributed by atoms with Gasteiger partial charge in [-0.25, -0.2) is 9.79 Å². The van der Waals surface area contributed by atoms with E-state index in [1.165, 1.54) is 0 Å². The van der Waals surface area contributed by atoms with Crippen molar-refractivity contribution in [3.05, 3.63) is 0 Å². The van der Waals surface area contributed by atoms with Crippen molar-refractivity contribution in [2.75, 3.05) is 0 Å². The molecule has 0 aromatic heterocycles. The van der Waals surface area contributed by atoms with Crippen LogP contribution in [0.15, 0.2) is 0 Å². The quantitative estimate of drug-likeness (QED) is 0.176. The van der Waals surface area contributed by atoms with Crippen LogP contribution in [0.5, 0.6) is 0 Å². The SMILES string of the molecule is O.O.O.O.O.O.O.O.O.O.O.O.O.O.O.O=P(O)([OH2+])[OH2+].O=P(O)([OH2+])[OH2+].[W].[W].[W].[W].[W]. The first-order valence-corrected chi connectivity index (χ1v) is 4.98. The Kier molecular flexibility index (Phi) is 1260. The molecule has 0 radical (unpaired) electrons. The Bertz CT molecular complexity index is 142. The molecule has 0 fully saturated rings. The Balaban J connectivity index is -0.00000000128. The van der Waals surface area contributed by atoms with Crippen LogP contribution in [0.2, 0.25) is 0 Å². The first-order chi connectivity index (χ1) is 4.00. The molecule has 0 bridgehead atoms. The molecule has 214 valence electrons. The fraction of sp³-hybridized carbons (Fsp3) is 0. The van der Waals surface area contributed by atoms with E-state index in [0.29, 0.717) is 0 Å². The van der Waals surface area contributed by atoms with E-state index in [-0.39, 0.29) is 187 Å². The molecule has 0 unspecified atom stereocenters. The van der Waals surface area contributed by atoms with Crippen LogP contribution in [0.25, 0.3) is 0 Å². The van der Waals surface area contributed by atoms with Gasteiger partial charge in [0.25, 0.3) is 0 Å². The van der Waals surface area contributed by atoms with Crippen molar-refractivity contribution in [1.82, 2.24) is 0 Å². The standard InChI is InChI=1S/2H3O4P.15H2O.5W/c2*1-5(2,3)4;;;;;;;;;;;;;;;;;;;;/h2*(H3,1,2,3,4);15*1H2;;;;;/p+4. The summed E-state index contributed by atoms with van der Waals surface area (Å²) in [5.41, 5.74) is 0. The topological polar surface area (TPSA) is 639 Å². The van der Waals surface area contributed by atoms with E-state index >= 15 is 0 Å². The number of rotatable bonds is 0. The second kappa shape index (κ2) is 136. The van der Waals surface area contributed by atoms with Gasteiger partial charge in [0.2, 0.25) is 0 Å². The molecule has 0 atom stereocenters. The van der Waals surface area contributed by atoms with Crippen molar-refractivity contribution in [2.45, 2.75) is 0 Å². The molecular weight excluding hydrogens is 1350 g/mol. The van der Waals surface area contributed by atoms with E-state index in [2.05, 4.69) is 0 Å². The van der Waals surface area contributed by atoms with Gasteiger partial charge in [-0.1, -0.05) is 0 Å². The van der Waals surface area contributed by atoms with Gasteiger partial charge < -0.3 is 102 Å². The molecule has 0 amide bonds. The summed E-state index contributed by atoms with van der Waals surface area (Å²) in [4.78, 5) is 37.7. The Hall–Kier alpha value is 3.06. The number of hydrogen-bond acceptors (Lipinski definition) is 2. The molecule has 23 nitrogen and oxygen atoms in total. The van der Waals surface area contributed by atoms with Crippen molar-refractivity contribution in [3.8, 4) is 0 Å². The molecule has 30 heteroatoms. The second-order valence-electron chi connectivity index (χ2n) is 1.15. The zero-order valence-electron chi connectivity index (χ0n) is 14.1. The minimum atomic E-state index is -4.14. The van der Waals surface area contributed by atoms with Gasteiger partial charge in [0.05, 0.1) is 0 Å². The fourth-order valence-corrected chi connectivity index (χ4v) is 0. The van der Waals surface area contributed by atoms with Crippen LogP contribution in [0.1, 0.15) is 0 Å². The van der Waals surface area contributed by atoms with Crippen LogP contribution in [-0.2, 0) is 114 Å². The smallest absolute Gasteiger partial charge is 0.412 e. The fourth-order valence-electron chi connectivity index (χ4n) is 0. The van der Waals surface area contributed by atoms with Gasteiger partial charge in [0.15, 0.2) is 0 Å². The molecule has 0 rings (SSSR count). The number of hydrogen-bond donors (Lipinski definition) is 2. The van der Waals surface area contributed by atoms with Gasteiger partial charge in [0, 0.05) is 105 Å². The van der Waals surface area contributed by atoms with Crippen molar-refractivity contribution in [2.24, 2.45) is 0 Å². The van der Waals surface area contributed by atoms with Gasteiger partial charge in [-0.15, -0.1) is 9.13 Å². The van der Waals surface area contributed by atoms with Gasteiger partial charge in [-0.2, -0.15) is 0 Å².